The van der Waals surface area contributed by atoms with Crippen molar-refractivity contribution in [2.45, 2.75) is 12.8 Å². The number of rotatable bonds is 7. The van der Waals surface area contributed by atoms with Gasteiger partial charge in [0.05, 0.1) is 25.5 Å². The first-order chi connectivity index (χ1) is 13.5. The highest BCUT2D eigenvalue weighted by atomic mass is 32.2. The fraction of sp³-hybridized carbons (Fsp3) is 0.389. The summed E-state index contributed by atoms with van der Waals surface area (Å²) in [6, 6.07) is 9.63. The van der Waals surface area contributed by atoms with Crippen molar-refractivity contribution >= 4 is 33.0 Å². The predicted molar refractivity (Wildman–Crippen MR) is 112 cm³/mol. The molecule has 0 bridgehead atoms. The van der Waals surface area contributed by atoms with Crippen LogP contribution in [0.15, 0.2) is 40.7 Å². The van der Waals surface area contributed by atoms with Crippen LogP contribution < -0.4 is 25.2 Å². The van der Waals surface area contributed by atoms with Crippen LogP contribution >= 0.6 is 11.3 Å². The minimum absolute atomic E-state index is 0.0672. The standard InChI is InChI=1S/C18H24N4O4S2/c19-28(23,24)12-8-21-18(20-7-6-15-3-1-11-27-15)22-14-4-5-16-17(13-14)26-10-2-9-25-16/h1,3-5,11,13H,2,6-10,12H2,(H2,19,23,24)(H2,20,21,22). The molecule has 152 valence electrons. The summed E-state index contributed by atoms with van der Waals surface area (Å²) in [5.74, 6) is 1.65. The molecule has 10 heteroatoms. The van der Waals surface area contributed by atoms with Gasteiger partial charge < -0.3 is 20.1 Å². The molecule has 0 spiro atoms. The Kier molecular flexibility index (Phi) is 7.12. The Morgan fingerprint density at radius 2 is 2.04 bits per heavy atom. The van der Waals surface area contributed by atoms with Crippen molar-refractivity contribution in [3.05, 3.63) is 40.6 Å². The molecule has 2 heterocycles. The van der Waals surface area contributed by atoms with Crippen LogP contribution in [0.1, 0.15) is 11.3 Å². The third-order valence-electron chi connectivity index (χ3n) is 3.90. The number of sulfonamides is 1. The Labute approximate surface area is 168 Å². The SMILES string of the molecule is NS(=O)(=O)CCN=C(NCCc1cccs1)Nc1ccc2c(c1)OCCCO2. The van der Waals surface area contributed by atoms with Gasteiger partial charge in [-0.15, -0.1) is 11.3 Å². The number of nitrogens with one attached hydrogen (secondary N) is 2. The van der Waals surface area contributed by atoms with Crippen molar-refractivity contribution in [3.8, 4) is 11.5 Å². The summed E-state index contributed by atoms with van der Waals surface area (Å²) >= 11 is 1.69. The van der Waals surface area contributed by atoms with Crippen molar-refractivity contribution in [1.82, 2.24) is 5.32 Å². The number of fused-ring (bicyclic) bond motifs is 1. The largest absolute Gasteiger partial charge is 0.490 e. The van der Waals surface area contributed by atoms with Gasteiger partial charge in [-0.2, -0.15) is 0 Å². The van der Waals surface area contributed by atoms with Crippen LogP contribution in [0.3, 0.4) is 0 Å². The second-order valence-electron chi connectivity index (χ2n) is 6.19. The summed E-state index contributed by atoms with van der Waals surface area (Å²) in [5, 5.41) is 13.5. The lowest BCUT2D eigenvalue weighted by atomic mass is 10.2. The number of hydrogen-bond donors (Lipinski definition) is 3. The summed E-state index contributed by atoms with van der Waals surface area (Å²) in [6.45, 7) is 1.96. The minimum Gasteiger partial charge on any atom is -0.490 e. The lowest BCUT2D eigenvalue weighted by Crippen LogP contribution is -2.33. The van der Waals surface area contributed by atoms with Crippen LogP contribution in [0.2, 0.25) is 0 Å². The summed E-state index contributed by atoms with van der Waals surface area (Å²) < 4.78 is 33.7. The molecule has 0 atom stereocenters. The maximum absolute atomic E-state index is 11.2. The molecule has 28 heavy (non-hydrogen) atoms. The number of benzene rings is 1. The van der Waals surface area contributed by atoms with Gasteiger partial charge in [0.25, 0.3) is 0 Å². The predicted octanol–water partition coefficient (Wildman–Crippen LogP) is 1.80. The van der Waals surface area contributed by atoms with Crippen molar-refractivity contribution in [2.75, 3.05) is 37.4 Å². The fourth-order valence-electron chi connectivity index (χ4n) is 2.56. The van der Waals surface area contributed by atoms with E-state index in [2.05, 4.69) is 21.7 Å². The molecule has 0 unspecified atom stereocenters. The third kappa shape index (κ3) is 6.70. The number of anilines is 1. The van der Waals surface area contributed by atoms with E-state index in [0.717, 1.165) is 18.5 Å². The molecule has 4 N–H and O–H groups in total. The number of hydrogen-bond acceptors (Lipinski definition) is 6. The van der Waals surface area contributed by atoms with E-state index >= 15 is 0 Å². The van der Waals surface area contributed by atoms with Crippen molar-refractivity contribution in [3.63, 3.8) is 0 Å². The Hall–Kier alpha value is -2.30. The number of thiophene rings is 1. The van der Waals surface area contributed by atoms with E-state index in [1.54, 1.807) is 11.3 Å². The quantitative estimate of drug-likeness (QED) is 0.461. The number of aliphatic imine (C=N–C) groups is 1. The minimum atomic E-state index is -3.56. The molecular weight excluding hydrogens is 400 g/mol. The smallest absolute Gasteiger partial charge is 0.210 e. The van der Waals surface area contributed by atoms with Crippen molar-refractivity contribution in [1.29, 1.82) is 0 Å². The Bertz CT molecular complexity index is 898. The zero-order valence-corrected chi connectivity index (χ0v) is 17.0. The average Bonchev–Trinajstić information content (AvgIpc) is 3.04. The number of primary sulfonamides is 1. The van der Waals surface area contributed by atoms with Crippen molar-refractivity contribution < 1.29 is 17.9 Å². The molecule has 8 nitrogen and oxygen atoms in total. The molecule has 1 aromatic carbocycles. The highest BCUT2D eigenvalue weighted by molar-refractivity contribution is 7.89. The Morgan fingerprint density at radius 3 is 2.79 bits per heavy atom. The molecule has 0 amide bonds. The molecule has 0 saturated carbocycles. The third-order valence-corrected chi connectivity index (χ3v) is 5.59. The first-order valence-electron chi connectivity index (χ1n) is 8.97. The van der Waals surface area contributed by atoms with E-state index in [-0.39, 0.29) is 12.3 Å². The summed E-state index contributed by atoms with van der Waals surface area (Å²) in [7, 11) is -3.56. The maximum Gasteiger partial charge on any atom is 0.210 e. The molecule has 0 aliphatic carbocycles. The average molecular weight is 425 g/mol. The van der Waals surface area contributed by atoms with E-state index in [9.17, 15) is 8.42 Å². The number of nitrogens with two attached hydrogens (primary N) is 1. The Morgan fingerprint density at radius 1 is 1.21 bits per heavy atom. The van der Waals surface area contributed by atoms with Crippen LogP contribution in [0, 0.1) is 0 Å². The summed E-state index contributed by atoms with van der Waals surface area (Å²) in [5.41, 5.74) is 0.766. The molecule has 2 aromatic rings. The van der Waals surface area contributed by atoms with E-state index in [4.69, 9.17) is 14.6 Å². The Balaban J connectivity index is 1.66. The van der Waals surface area contributed by atoms with E-state index < -0.39 is 10.0 Å². The fourth-order valence-corrected chi connectivity index (χ4v) is 3.62. The van der Waals surface area contributed by atoms with E-state index in [0.29, 0.717) is 37.2 Å². The van der Waals surface area contributed by atoms with E-state index in [1.807, 2.05) is 29.6 Å². The highest BCUT2D eigenvalue weighted by Gasteiger charge is 2.12. The topological polar surface area (TPSA) is 115 Å². The molecule has 0 radical (unpaired) electrons. The molecular formula is C18H24N4O4S2. The zero-order valence-electron chi connectivity index (χ0n) is 15.4. The molecule has 1 aliphatic rings. The van der Waals surface area contributed by atoms with Gasteiger partial charge in [-0.1, -0.05) is 6.07 Å². The highest BCUT2D eigenvalue weighted by Crippen LogP contribution is 2.32. The van der Waals surface area contributed by atoms with Gasteiger partial charge in [0, 0.05) is 29.6 Å². The lowest BCUT2D eigenvalue weighted by molar-refractivity contribution is 0.297. The first-order valence-corrected chi connectivity index (χ1v) is 11.6. The van der Waals surface area contributed by atoms with Crippen LogP contribution in [-0.2, 0) is 16.4 Å². The second-order valence-corrected chi connectivity index (χ2v) is 8.96. The van der Waals surface area contributed by atoms with Crippen LogP contribution in [0.4, 0.5) is 5.69 Å². The number of nitrogens with zero attached hydrogens (tertiary/aromatic N) is 1. The summed E-state index contributed by atoms with van der Waals surface area (Å²) in [4.78, 5) is 5.58. The maximum atomic E-state index is 11.2. The normalized spacial score (nSPS) is 14.4. The van der Waals surface area contributed by atoms with Gasteiger partial charge in [-0.3, -0.25) is 4.99 Å². The number of ether oxygens (including phenoxy) is 2. The van der Waals surface area contributed by atoms with Crippen LogP contribution in [-0.4, -0.2) is 46.4 Å². The molecule has 0 saturated heterocycles. The van der Waals surface area contributed by atoms with Crippen LogP contribution in [0.25, 0.3) is 0 Å². The molecule has 3 rings (SSSR count). The van der Waals surface area contributed by atoms with Gasteiger partial charge >= 0.3 is 0 Å². The van der Waals surface area contributed by atoms with Crippen LogP contribution in [0.5, 0.6) is 11.5 Å². The molecule has 0 fully saturated rings. The summed E-state index contributed by atoms with van der Waals surface area (Å²) in [6.07, 6.45) is 1.68. The second kappa shape index (κ2) is 9.76. The zero-order chi connectivity index (χ0) is 19.8. The monoisotopic (exact) mass is 424 g/mol. The number of guanidine groups is 1. The first kappa shape index (κ1) is 20.4. The van der Waals surface area contributed by atoms with Gasteiger partial charge in [-0.25, -0.2) is 13.6 Å². The van der Waals surface area contributed by atoms with Gasteiger partial charge in [-0.05, 0) is 30.0 Å². The lowest BCUT2D eigenvalue weighted by Gasteiger charge is -2.14. The van der Waals surface area contributed by atoms with Gasteiger partial charge in [0.1, 0.15) is 0 Å². The molecule has 1 aromatic heterocycles. The van der Waals surface area contributed by atoms with E-state index in [1.165, 1.54) is 4.88 Å². The van der Waals surface area contributed by atoms with Gasteiger partial charge in [0.2, 0.25) is 10.0 Å². The molecule has 1 aliphatic heterocycles. The van der Waals surface area contributed by atoms with Gasteiger partial charge in [0.15, 0.2) is 17.5 Å². The van der Waals surface area contributed by atoms with Crippen molar-refractivity contribution in [2.24, 2.45) is 10.1 Å².